The maximum atomic E-state index is 13.2. The van der Waals surface area contributed by atoms with Gasteiger partial charge in [-0.3, -0.25) is 4.68 Å². The first-order valence-electron chi connectivity index (χ1n) is 8.78. The summed E-state index contributed by atoms with van der Waals surface area (Å²) in [4.78, 5) is 0.310. The molecule has 0 saturated heterocycles. The highest BCUT2D eigenvalue weighted by atomic mass is 32.2. The minimum Gasteiger partial charge on any atom is -0.267 e. The first-order chi connectivity index (χ1) is 11.7. The molecule has 0 radical (unpaired) electrons. The van der Waals surface area contributed by atoms with Crippen molar-refractivity contribution in [2.24, 2.45) is 11.8 Å². The van der Waals surface area contributed by atoms with E-state index in [4.69, 9.17) is 0 Å². The van der Waals surface area contributed by atoms with E-state index >= 15 is 0 Å². The Kier molecular flexibility index (Phi) is 6.41. The van der Waals surface area contributed by atoms with Gasteiger partial charge in [-0.2, -0.15) is 9.40 Å². The second-order valence-corrected chi connectivity index (χ2v) is 9.28. The minimum atomic E-state index is -3.54. The van der Waals surface area contributed by atoms with E-state index in [0.29, 0.717) is 30.2 Å². The molecule has 1 aromatic carbocycles. The summed E-state index contributed by atoms with van der Waals surface area (Å²) in [6, 6.07) is 9.92. The van der Waals surface area contributed by atoms with Gasteiger partial charge in [-0.25, -0.2) is 8.42 Å². The number of benzene rings is 1. The van der Waals surface area contributed by atoms with Crippen molar-refractivity contribution in [3.05, 3.63) is 47.8 Å². The van der Waals surface area contributed by atoms with Crippen LogP contribution in [0.2, 0.25) is 0 Å². The van der Waals surface area contributed by atoms with Gasteiger partial charge >= 0.3 is 0 Å². The van der Waals surface area contributed by atoms with E-state index in [1.54, 1.807) is 22.1 Å². The van der Waals surface area contributed by atoms with Gasteiger partial charge in [0, 0.05) is 19.3 Å². The molecule has 0 aliphatic rings. The highest BCUT2D eigenvalue weighted by Crippen LogP contribution is 2.22. The first-order valence-corrected chi connectivity index (χ1v) is 10.2. The van der Waals surface area contributed by atoms with Crippen molar-refractivity contribution >= 4 is 10.0 Å². The minimum absolute atomic E-state index is 0.271. The van der Waals surface area contributed by atoms with E-state index in [2.05, 4.69) is 5.10 Å². The van der Waals surface area contributed by atoms with Gasteiger partial charge in [-0.05, 0) is 24.3 Å². The molecule has 0 amide bonds. The van der Waals surface area contributed by atoms with Crippen molar-refractivity contribution < 1.29 is 8.42 Å². The molecule has 2 rings (SSSR count). The van der Waals surface area contributed by atoms with Gasteiger partial charge in [0.1, 0.15) is 4.90 Å². The van der Waals surface area contributed by atoms with E-state index in [0.717, 1.165) is 5.56 Å². The van der Waals surface area contributed by atoms with E-state index in [9.17, 15) is 8.42 Å². The molecule has 0 aliphatic carbocycles. The SMILES string of the molecule is Cc1nn(Cc2ccccc2)cc1S(=O)(=O)N(CC(C)C)CC(C)C. The first kappa shape index (κ1) is 19.7. The monoisotopic (exact) mass is 363 g/mol. The molecule has 25 heavy (non-hydrogen) atoms. The highest BCUT2D eigenvalue weighted by Gasteiger charge is 2.29. The Bertz CT molecular complexity index is 770. The van der Waals surface area contributed by atoms with Crippen LogP contribution in [0.1, 0.15) is 39.0 Å². The predicted molar refractivity (Wildman–Crippen MR) is 101 cm³/mol. The fourth-order valence-corrected chi connectivity index (χ4v) is 4.76. The zero-order chi connectivity index (χ0) is 18.6. The number of aromatic nitrogens is 2. The van der Waals surface area contributed by atoms with Crippen LogP contribution in [-0.4, -0.2) is 35.6 Å². The molecule has 1 aromatic heterocycles. The largest absolute Gasteiger partial charge is 0.267 e. The van der Waals surface area contributed by atoms with Crippen molar-refractivity contribution in [3.63, 3.8) is 0 Å². The van der Waals surface area contributed by atoms with Crippen molar-refractivity contribution in [1.82, 2.24) is 14.1 Å². The van der Waals surface area contributed by atoms with Gasteiger partial charge < -0.3 is 0 Å². The smallest absolute Gasteiger partial charge is 0.246 e. The van der Waals surface area contributed by atoms with Crippen LogP contribution < -0.4 is 0 Å². The molecule has 0 fully saturated rings. The van der Waals surface area contributed by atoms with E-state index < -0.39 is 10.0 Å². The molecule has 2 aromatic rings. The summed E-state index contributed by atoms with van der Waals surface area (Å²) in [6.45, 7) is 11.5. The Morgan fingerprint density at radius 2 is 1.60 bits per heavy atom. The summed E-state index contributed by atoms with van der Waals surface area (Å²) < 4.78 is 29.6. The lowest BCUT2D eigenvalue weighted by atomic mass is 10.2. The number of hydrogen-bond acceptors (Lipinski definition) is 3. The molecule has 138 valence electrons. The molecule has 6 heteroatoms. The summed E-state index contributed by atoms with van der Waals surface area (Å²) in [5, 5.41) is 4.42. The third-order valence-corrected chi connectivity index (χ3v) is 5.78. The molecule has 0 bridgehead atoms. The molecule has 0 spiro atoms. The Balaban J connectivity index is 2.31. The quantitative estimate of drug-likeness (QED) is 0.721. The number of aryl methyl sites for hydroxylation is 1. The van der Waals surface area contributed by atoms with Crippen LogP contribution in [0.3, 0.4) is 0 Å². The summed E-state index contributed by atoms with van der Waals surface area (Å²) in [7, 11) is -3.54. The van der Waals surface area contributed by atoms with Crippen molar-refractivity contribution in [2.75, 3.05) is 13.1 Å². The van der Waals surface area contributed by atoms with Gasteiger partial charge in [0.2, 0.25) is 10.0 Å². The second kappa shape index (κ2) is 8.15. The summed E-state index contributed by atoms with van der Waals surface area (Å²) in [6.07, 6.45) is 1.66. The van der Waals surface area contributed by atoms with Crippen molar-refractivity contribution in [3.8, 4) is 0 Å². The van der Waals surface area contributed by atoms with Crippen LogP contribution in [0.5, 0.6) is 0 Å². The molecular formula is C19H29N3O2S. The van der Waals surface area contributed by atoms with Gasteiger partial charge in [0.25, 0.3) is 0 Å². The van der Waals surface area contributed by atoms with Crippen LogP contribution in [0.4, 0.5) is 0 Å². The van der Waals surface area contributed by atoms with Crippen molar-refractivity contribution in [1.29, 1.82) is 0 Å². The number of sulfonamides is 1. The third kappa shape index (κ3) is 5.16. The van der Waals surface area contributed by atoms with Crippen LogP contribution >= 0.6 is 0 Å². The summed E-state index contributed by atoms with van der Waals surface area (Å²) in [5.74, 6) is 0.543. The summed E-state index contributed by atoms with van der Waals surface area (Å²) in [5.41, 5.74) is 1.64. The molecule has 0 aliphatic heterocycles. The number of nitrogens with zero attached hydrogens (tertiary/aromatic N) is 3. The van der Waals surface area contributed by atoms with Gasteiger partial charge in [0.15, 0.2) is 0 Å². The van der Waals surface area contributed by atoms with Gasteiger partial charge in [-0.1, -0.05) is 58.0 Å². The molecule has 0 unspecified atom stereocenters. The van der Waals surface area contributed by atoms with E-state index in [-0.39, 0.29) is 11.8 Å². The average molecular weight is 364 g/mol. The molecule has 0 atom stereocenters. The fraction of sp³-hybridized carbons (Fsp3) is 0.526. The lowest BCUT2D eigenvalue weighted by molar-refractivity contribution is 0.333. The van der Waals surface area contributed by atoms with E-state index in [1.165, 1.54) is 0 Å². The zero-order valence-corrected chi connectivity index (χ0v) is 16.6. The molecule has 1 heterocycles. The maximum absolute atomic E-state index is 13.2. The zero-order valence-electron chi connectivity index (χ0n) is 15.8. The molecule has 0 N–H and O–H groups in total. The Labute approximate surface area is 151 Å². The maximum Gasteiger partial charge on any atom is 0.246 e. The second-order valence-electron chi connectivity index (χ2n) is 7.37. The highest BCUT2D eigenvalue weighted by molar-refractivity contribution is 7.89. The normalized spacial score (nSPS) is 12.5. The van der Waals surface area contributed by atoms with E-state index in [1.807, 2.05) is 58.0 Å². The van der Waals surface area contributed by atoms with Crippen molar-refractivity contribution in [2.45, 2.75) is 46.1 Å². The third-order valence-electron chi connectivity index (χ3n) is 3.84. The standard InChI is InChI=1S/C19H29N3O2S/c1-15(2)11-22(12-16(3)4)25(23,24)19-14-21(20-17(19)5)13-18-9-7-6-8-10-18/h6-10,14-16H,11-13H2,1-5H3. The predicted octanol–water partition coefficient (Wildman–Crippen LogP) is 3.54. The van der Waals surface area contributed by atoms with Crippen LogP contribution in [0.25, 0.3) is 0 Å². The van der Waals surface area contributed by atoms with Crippen LogP contribution in [-0.2, 0) is 16.6 Å². The Morgan fingerprint density at radius 3 is 2.12 bits per heavy atom. The Morgan fingerprint density at radius 1 is 1.04 bits per heavy atom. The Hall–Kier alpha value is -1.66. The van der Waals surface area contributed by atoms with Crippen LogP contribution in [0.15, 0.2) is 41.4 Å². The lowest BCUT2D eigenvalue weighted by Gasteiger charge is -2.25. The summed E-state index contributed by atoms with van der Waals surface area (Å²) >= 11 is 0. The average Bonchev–Trinajstić information content (AvgIpc) is 2.88. The molecular weight excluding hydrogens is 334 g/mol. The van der Waals surface area contributed by atoms with Gasteiger partial charge in [-0.15, -0.1) is 0 Å². The molecule has 0 saturated carbocycles. The van der Waals surface area contributed by atoms with Gasteiger partial charge in [0.05, 0.1) is 12.2 Å². The topological polar surface area (TPSA) is 55.2 Å². The lowest BCUT2D eigenvalue weighted by Crippen LogP contribution is -2.37. The number of rotatable bonds is 8. The fourth-order valence-electron chi connectivity index (χ4n) is 2.83. The molecule has 5 nitrogen and oxygen atoms in total. The number of hydrogen-bond donors (Lipinski definition) is 0. The van der Waals surface area contributed by atoms with Crippen LogP contribution in [0, 0.1) is 18.8 Å².